The lowest BCUT2D eigenvalue weighted by atomic mass is 9.97. The van der Waals surface area contributed by atoms with E-state index in [4.69, 9.17) is 0 Å². The van der Waals surface area contributed by atoms with E-state index in [1.807, 2.05) is 36.4 Å². The third kappa shape index (κ3) is 1.63. The van der Waals surface area contributed by atoms with Crippen LogP contribution in [0.25, 0.3) is 16.7 Å². The average Bonchev–Trinajstić information content (AvgIpc) is 2.83. The number of allylic oxidation sites excluding steroid dienone is 1. The largest absolute Gasteiger partial charge is 0.192 e. The van der Waals surface area contributed by atoms with Crippen LogP contribution in [0.3, 0.4) is 0 Å². The van der Waals surface area contributed by atoms with Crippen LogP contribution >= 0.6 is 0 Å². The minimum absolute atomic E-state index is 0.185. The molecule has 0 unspecified atom stereocenters. The number of hydrogen-bond acceptors (Lipinski definition) is 2. The van der Waals surface area contributed by atoms with Crippen molar-refractivity contribution in [3.63, 3.8) is 0 Å². The van der Waals surface area contributed by atoms with Crippen LogP contribution in [0.1, 0.15) is 23.6 Å². The number of benzene rings is 2. The van der Waals surface area contributed by atoms with Crippen LogP contribution < -0.4 is 0 Å². The van der Waals surface area contributed by atoms with E-state index >= 15 is 0 Å². The van der Waals surface area contributed by atoms with E-state index < -0.39 is 0 Å². The first-order valence-electron chi connectivity index (χ1n) is 6.57. The first-order valence-corrected chi connectivity index (χ1v) is 6.57. The Morgan fingerprint density at radius 2 is 1.55 bits per heavy atom. The molecule has 2 nitrogen and oxygen atoms in total. The first-order chi connectivity index (χ1) is 9.80. The van der Waals surface area contributed by atoms with Gasteiger partial charge < -0.3 is 0 Å². The van der Waals surface area contributed by atoms with Crippen LogP contribution in [0.15, 0.2) is 48.0 Å². The molecule has 2 aromatic carbocycles. The smallest absolute Gasteiger partial charge is 0.138 e. The SMILES string of the molecule is CCc1ccc2c(c1)C(=C(C#N)C#N)c1ccccc1-2. The molecule has 0 aliphatic heterocycles. The summed E-state index contributed by atoms with van der Waals surface area (Å²) in [5.74, 6) is 0. The van der Waals surface area contributed by atoms with Gasteiger partial charge in [-0.1, -0.05) is 49.4 Å². The fraction of sp³-hybridized carbons (Fsp3) is 0.111. The summed E-state index contributed by atoms with van der Waals surface area (Å²) in [5, 5.41) is 18.5. The maximum atomic E-state index is 9.23. The van der Waals surface area contributed by atoms with E-state index in [1.165, 1.54) is 5.56 Å². The topological polar surface area (TPSA) is 47.6 Å². The highest BCUT2D eigenvalue weighted by molar-refractivity contribution is 6.04. The molecular weight excluding hydrogens is 244 g/mol. The lowest BCUT2D eigenvalue weighted by Crippen LogP contribution is -1.89. The molecule has 0 radical (unpaired) electrons. The minimum atomic E-state index is 0.185. The number of rotatable bonds is 1. The van der Waals surface area contributed by atoms with Gasteiger partial charge in [-0.3, -0.25) is 0 Å². The molecule has 0 saturated carbocycles. The van der Waals surface area contributed by atoms with E-state index in [-0.39, 0.29) is 5.57 Å². The predicted octanol–water partition coefficient (Wildman–Crippen LogP) is 4.08. The number of fused-ring (bicyclic) bond motifs is 3. The van der Waals surface area contributed by atoms with Gasteiger partial charge in [-0.25, -0.2) is 0 Å². The average molecular weight is 256 g/mol. The van der Waals surface area contributed by atoms with Gasteiger partial charge in [0.15, 0.2) is 0 Å². The lowest BCUT2D eigenvalue weighted by Gasteiger charge is -2.04. The Bertz CT molecular complexity index is 798. The fourth-order valence-electron chi connectivity index (χ4n) is 2.74. The Kier molecular flexibility index (Phi) is 2.86. The van der Waals surface area contributed by atoms with Gasteiger partial charge in [-0.05, 0) is 34.2 Å². The number of nitrogens with zero attached hydrogens (tertiary/aromatic N) is 2. The van der Waals surface area contributed by atoms with Crippen molar-refractivity contribution in [2.75, 3.05) is 0 Å². The van der Waals surface area contributed by atoms with E-state index in [9.17, 15) is 10.5 Å². The monoisotopic (exact) mass is 256 g/mol. The van der Waals surface area contributed by atoms with Gasteiger partial charge in [0.25, 0.3) is 0 Å². The maximum absolute atomic E-state index is 9.23. The minimum Gasteiger partial charge on any atom is -0.192 e. The zero-order valence-electron chi connectivity index (χ0n) is 11.1. The second kappa shape index (κ2) is 4.68. The Morgan fingerprint density at radius 1 is 0.900 bits per heavy atom. The summed E-state index contributed by atoms with van der Waals surface area (Å²) in [4.78, 5) is 0. The van der Waals surface area contributed by atoms with Gasteiger partial charge in [0.2, 0.25) is 0 Å². The van der Waals surface area contributed by atoms with Crippen molar-refractivity contribution in [3.8, 4) is 23.3 Å². The van der Waals surface area contributed by atoms with Crippen LogP contribution in [-0.2, 0) is 6.42 Å². The second-order valence-corrected chi connectivity index (χ2v) is 4.75. The van der Waals surface area contributed by atoms with Gasteiger partial charge in [0.05, 0.1) is 0 Å². The molecule has 0 aromatic heterocycles. The zero-order chi connectivity index (χ0) is 14.1. The number of aryl methyl sites for hydroxylation is 1. The molecule has 94 valence electrons. The molecule has 3 rings (SSSR count). The highest BCUT2D eigenvalue weighted by Gasteiger charge is 2.26. The first kappa shape index (κ1) is 12.2. The fourth-order valence-corrected chi connectivity index (χ4v) is 2.74. The summed E-state index contributed by atoms with van der Waals surface area (Å²) in [6.07, 6.45) is 0.936. The zero-order valence-corrected chi connectivity index (χ0v) is 11.1. The van der Waals surface area contributed by atoms with Crippen molar-refractivity contribution < 1.29 is 0 Å². The Labute approximate surface area is 118 Å². The normalized spacial score (nSPS) is 11.2. The van der Waals surface area contributed by atoms with Crippen LogP contribution in [0, 0.1) is 22.7 Å². The summed E-state index contributed by atoms with van der Waals surface area (Å²) in [5.41, 5.74) is 6.36. The molecule has 0 atom stereocenters. The Morgan fingerprint density at radius 3 is 2.20 bits per heavy atom. The molecule has 0 amide bonds. The van der Waals surface area contributed by atoms with Crippen molar-refractivity contribution >= 4 is 5.57 Å². The molecule has 1 aliphatic carbocycles. The van der Waals surface area contributed by atoms with E-state index in [1.54, 1.807) is 0 Å². The Balaban J connectivity index is 2.42. The molecule has 0 spiro atoms. The predicted molar refractivity (Wildman–Crippen MR) is 78.5 cm³/mol. The molecule has 0 N–H and O–H groups in total. The van der Waals surface area contributed by atoms with Crippen molar-refractivity contribution in [2.24, 2.45) is 0 Å². The van der Waals surface area contributed by atoms with Gasteiger partial charge in [-0.15, -0.1) is 0 Å². The Hall–Kier alpha value is -2.84. The summed E-state index contributed by atoms with van der Waals surface area (Å²) in [6.45, 7) is 2.10. The molecule has 1 aliphatic rings. The maximum Gasteiger partial charge on any atom is 0.138 e. The number of nitriles is 2. The quantitative estimate of drug-likeness (QED) is 0.616. The molecular formula is C18H12N2. The molecule has 2 aromatic rings. The third-order valence-electron chi connectivity index (χ3n) is 3.72. The van der Waals surface area contributed by atoms with Crippen molar-refractivity contribution in [2.45, 2.75) is 13.3 Å². The van der Waals surface area contributed by atoms with Gasteiger partial charge in [-0.2, -0.15) is 10.5 Å². The molecule has 0 heterocycles. The van der Waals surface area contributed by atoms with Gasteiger partial charge in [0.1, 0.15) is 17.7 Å². The van der Waals surface area contributed by atoms with Crippen LogP contribution in [0.5, 0.6) is 0 Å². The van der Waals surface area contributed by atoms with E-state index in [2.05, 4.69) is 25.1 Å². The number of hydrogen-bond donors (Lipinski definition) is 0. The summed E-state index contributed by atoms with van der Waals surface area (Å²) in [6, 6.07) is 18.3. The summed E-state index contributed by atoms with van der Waals surface area (Å²) >= 11 is 0. The highest BCUT2D eigenvalue weighted by Crippen LogP contribution is 2.45. The molecule has 2 heteroatoms. The van der Waals surface area contributed by atoms with Crippen molar-refractivity contribution in [1.82, 2.24) is 0 Å². The molecule has 0 saturated heterocycles. The van der Waals surface area contributed by atoms with Crippen molar-refractivity contribution in [3.05, 3.63) is 64.7 Å². The third-order valence-corrected chi connectivity index (χ3v) is 3.72. The van der Waals surface area contributed by atoms with Gasteiger partial charge in [0, 0.05) is 5.57 Å². The van der Waals surface area contributed by atoms with Crippen LogP contribution in [0.4, 0.5) is 0 Å². The molecule has 0 bridgehead atoms. The molecule has 0 fully saturated rings. The summed E-state index contributed by atoms with van der Waals surface area (Å²) < 4.78 is 0. The second-order valence-electron chi connectivity index (χ2n) is 4.75. The molecule has 20 heavy (non-hydrogen) atoms. The standard InChI is InChI=1S/C18H12N2/c1-2-12-7-8-15-14-5-3-4-6-16(14)18(17(15)9-12)13(10-19)11-20/h3-9H,2H2,1H3. The van der Waals surface area contributed by atoms with E-state index in [0.717, 1.165) is 34.2 Å². The van der Waals surface area contributed by atoms with Crippen molar-refractivity contribution in [1.29, 1.82) is 10.5 Å². The van der Waals surface area contributed by atoms with Crippen LogP contribution in [0.2, 0.25) is 0 Å². The van der Waals surface area contributed by atoms with Gasteiger partial charge >= 0.3 is 0 Å². The van der Waals surface area contributed by atoms with Crippen LogP contribution in [-0.4, -0.2) is 0 Å². The summed E-state index contributed by atoms with van der Waals surface area (Å²) in [7, 11) is 0. The highest BCUT2D eigenvalue weighted by atomic mass is 14.3. The lowest BCUT2D eigenvalue weighted by molar-refractivity contribution is 1.14. The van der Waals surface area contributed by atoms with E-state index in [0.29, 0.717) is 0 Å².